The minimum atomic E-state index is 0.307. The van der Waals surface area contributed by atoms with Crippen molar-refractivity contribution in [1.29, 1.82) is 0 Å². The number of hydrogen-bond acceptors (Lipinski definition) is 2. The van der Waals surface area contributed by atoms with Gasteiger partial charge in [-0.25, -0.2) is 0 Å². The van der Waals surface area contributed by atoms with E-state index in [4.69, 9.17) is 28.6 Å². The van der Waals surface area contributed by atoms with Crippen molar-refractivity contribution in [1.82, 2.24) is 10.6 Å². The molecule has 1 aliphatic heterocycles. The summed E-state index contributed by atoms with van der Waals surface area (Å²) in [4.78, 5) is 1.58. The van der Waals surface area contributed by atoms with E-state index < -0.39 is 0 Å². The lowest BCUT2D eigenvalue weighted by Crippen LogP contribution is -3.11. The summed E-state index contributed by atoms with van der Waals surface area (Å²) < 4.78 is 5.19. The zero-order chi connectivity index (χ0) is 19.1. The van der Waals surface area contributed by atoms with Crippen LogP contribution in [0, 0.1) is 0 Å². The van der Waals surface area contributed by atoms with Crippen molar-refractivity contribution in [3.63, 3.8) is 0 Å². The van der Waals surface area contributed by atoms with Crippen LogP contribution in [0.5, 0.6) is 5.75 Å². The largest absolute Gasteiger partial charge is 0.497 e. The molecular weight excluding hydrogens is 378 g/mol. The van der Waals surface area contributed by atoms with Gasteiger partial charge in [0.25, 0.3) is 0 Å². The van der Waals surface area contributed by atoms with Crippen LogP contribution < -0.4 is 20.3 Å². The van der Waals surface area contributed by atoms with Crippen molar-refractivity contribution in [3.8, 4) is 5.75 Å². The van der Waals surface area contributed by atoms with Gasteiger partial charge < -0.3 is 20.3 Å². The van der Waals surface area contributed by atoms with Gasteiger partial charge in [-0.2, -0.15) is 0 Å². The fourth-order valence-electron chi connectivity index (χ4n) is 3.59. The van der Waals surface area contributed by atoms with Crippen LogP contribution in [0.2, 0.25) is 5.02 Å². The molecule has 0 spiro atoms. The third-order valence-corrected chi connectivity index (χ3v) is 5.73. The van der Waals surface area contributed by atoms with Gasteiger partial charge in [-0.15, -0.1) is 0 Å². The third-order valence-electron chi connectivity index (χ3n) is 5.10. The Hall–Kier alpha value is -1.82. The summed E-state index contributed by atoms with van der Waals surface area (Å²) in [5.41, 5.74) is 2.36. The second-order valence-corrected chi connectivity index (χ2v) is 7.67. The smallest absolute Gasteiger partial charge is 0.166 e. The van der Waals surface area contributed by atoms with Gasteiger partial charge >= 0.3 is 0 Å². The first-order valence-electron chi connectivity index (χ1n) is 9.41. The minimum Gasteiger partial charge on any atom is -0.497 e. The van der Waals surface area contributed by atoms with Gasteiger partial charge in [0.15, 0.2) is 5.11 Å². The Balaban J connectivity index is 1.56. The number of halogens is 1. The number of methoxy groups -OCH3 is 1. The molecule has 0 aliphatic carbocycles. The maximum absolute atomic E-state index is 6.48. The number of benzene rings is 2. The van der Waals surface area contributed by atoms with Gasteiger partial charge in [-0.1, -0.05) is 41.9 Å². The van der Waals surface area contributed by atoms with Crippen molar-refractivity contribution in [2.75, 3.05) is 26.7 Å². The van der Waals surface area contributed by atoms with Crippen LogP contribution in [0.15, 0.2) is 48.5 Å². The molecule has 1 aliphatic rings. The number of rotatable bonds is 7. The Morgan fingerprint density at radius 3 is 2.48 bits per heavy atom. The highest BCUT2D eigenvalue weighted by Crippen LogP contribution is 2.21. The summed E-state index contributed by atoms with van der Waals surface area (Å²) in [6, 6.07) is 16.4. The maximum atomic E-state index is 6.48. The van der Waals surface area contributed by atoms with E-state index in [2.05, 4.69) is 22.8 Å². The highest BCUT2D eigenvalue weighted by Gasteiger charge is 2.28. The van der Waals surface area contributed by atoms with Crippen molar-refractivity contribution in [2.24, 2.45) is 0 Å². The highest BCUT2D eigenvalue weighted by molar-refractivity contribution is 7.80. The van der Waals surface area contributed by atoms with Crippen molar-refractivity contribution in [3.05, 3.63) is 64.7 Å². The molecule has 27 heavy (non-hydrogen) atoms. The molecule has 0 aromatic heterocycles. The molecule has 0 unspecified atom stereocenters. The molecule has 1 atom stereocenters. The molecule has 3 N–H and O–H groups in total. The van der Waals surface area contributed by atoms with Crippen LogP contribution in [0.1, 0.15) is 30.0 Å². The van der Waals surface area contributed by atoms with Crippen molar-refractivity contribution >= 4 is 28.9 Å². The van der Waals surface area contributed by atoms with E-state index in [-0.39, 0.29) is 0 Å². The lowest BCUT2D eigenvalue weighted by molar-refractivity contribution is -0.918. The van der Waals surface area contributed by atoms with Gasteiger partial charge in [0.2, 0.25) is 0 Å². The van der Waals surface area contributed by atoms with Gasteiger partial charge in [-0.05, 0) is 36.0 Å². The van der Waals surface area contributed by atoms with Gasteiger partial charge in [-0.3, -0.25) is 0 Å². The molecule has 3 rings (SSSR count). The Morgan fingerprint density at radius 1 is 1.11 bits per heavy atom. The number of likely N-dealkylation sites (tertiary alicyclic amines) is 1. The number of ether oxygens (including phenoxy) is 1. The molecule has 144 valence electrons. The van der Waals surface area contributed by atoms with Crippen molar-refractivity contribution in [2.45, 2.75) is 25.4 Å². The summed E-state index contributed by atoms with van der Waals surface area (Å²) in [7, 11) is 1.67. The molecule has 2 aromatic carbocycles. The number of quaternary nitrogens is 1. The lowest BCUT2D eigenvalue weighted by atomic mass is 10.1. The van der Waals surface area contributed by atoms with Crippen LogP contribution in [-0.4, -0.2) is 31.9 Å². The molecule has 0 bridgehead atoms. The van der Waals surface area contributed by atoms with E-state index in [1.165, 1.54) is 31.5 Å². The minimum absolute atomic E-state index is 0.307. The molecule has 0 radical (unpaired) electrons. The second-order valence-electron chi connectivity index (χ2n) is 6.85. The normalized spacial score (nSPS) is 15.3. The molecule has 0 amide bonds. The molecule has 1 fully saturated rings. The number of hydrogen-bond donors (Lipinski definition) is 3. The summed E-state index contributed by atoms with van der Waals surface area (Å²) in [5, 5.41) is 8.18. The third kappa shape index (κ3) is 5.58. The van der Waals surface area contributed by atoms with E-state index in [1.807, 2.05) is 36.4 Å². The molecule has 2 aromatic rings. The van der Waals surface area contributed by atoms with Gasteiger partial charge in [0, 0.05) is 30.0 Å². The zero-order valence-corrected chi connectivity index (χ0v) is 17.2. The first-order chi connectivity index (χ1) is 13.2. The average Bonchev–Trinajstić information content (AvgIpc) is 3.23. The SMILES string of the molecule is COc1ccc(CNC(=S)NC[C@@H](c2ccccc2Cl)[NH+]2CCCC2)cc1. The van der Waals surface area contributed by atoms with E-state index in [9.17, 15) is 0 Å². The standard InChI is InChI=1S/C21H26ClN3OS/c1-26-17-10-8-16(9-11-17)14-23-21(27)24-15-20(25-12-4-5-13-25)18-6-2-3-7-19(18)22/h2-3,6-11,20H,4-5,12-15H2,1H3,(H2,23,24,27)/p+1/t20-/m0/s1. The lowest BCUT2D eigenvalue weighted by Gasteiger charge is -2.26. The van der Waals surface area contributed by atoms with Crippen LogP contribution in [0.4, 0.5) is 0 Å². The molecule has 1 heterocycles. The topological polar surface area (TPSA) is 37.7 Å². The van der Waals surface area contributed by atoms with E-state index >= 15 is 0 Å². The monoisotopic (exact) mass is 404 g/mol. The van der Waals surface area contributed by atoms with E-state index in [1.54, 1.807) is 12.0 Å². The summed E-state index contributed by atoms with van der Waals surface area (Å²) >= 11 is 12.0. The fraction of sp³-hybridized carbons (Fsp3) is 0.381. The number of thiocarbonyl (C=S) groups is 1. The van der Waals surface area contributed by atoms with Crippen molar-refractivity contribution < 1.29 is 9.64 Å². The van der Waals surface area contributed by atoms with E-state index in [0.29, 0.717) is 17.7 Å². The van der Waals surface area contributed by atoms with Crippen LogP contribution >= 0.6 is 23.8 Å². The van der Waals surface area contributed by atoms with Gasteiger partial charge in [0.1, 0.15) is 11.8 Å². The van der Waals surface area contributed by atoms with Crippen LogP contribution in [-0.2, 0) is 6.54 Å². The maximum Gasteiger partial charge on any atom is 0.166 e. The Kier molecular flexibility index (Phi) is 7.33. The van der Waals surface area contributed by atoms with Gasteiger partial charge in [0.05, 0.1) is 26.7 Å². The first kappa shape index (κ1) is 19.9. The van der Waals surface area contributed by atoms with E-state index in [0.717, 1.165) is 22.9 Å². The molecule has 4 nitrogen and oxygen atoms in total. The number of nitrogens with one attached hydrogen (secondary N) is 3. The zero-order valence-electron chi connectivity index (χ0n) is 15.6. The molecule has 1 saturated heterocycles. The molecular formula is C21H27ClN3OS+. The second kappa shape index (κ2) is 9.93. The Morgan fingerprint density at radius 2 is 1.81 bits per heavy atom. The summed E-state index contributed by atoms with van der Waals surface area (Å²) in [5.74, 6) is 0.857. The summed E-state index contributed by atoms with van der Waals surface area (Å²) in [6.45, 7) is 3.82. The van der Waals surface area contributed by atoms with Crippen LogP contribution in [0.25, 0.3) is 0 Å². The van der Waals surface area contributed by atoms with Crippen LogP contribution in [0.3, 0.4) is 0 Å². The summed E-state index contributed by atoms with van der Waals surface area (Å²) in [6.07, 6.45) is 2.55. The average molecular weight is 405 g/mol. The first-order valence-corrected chi connectivity index (χ1v) is 10.2. The quantitative estimate of drug-likeness (QED) is 0.620. The molecule has 6 heteroatoms. The fourth-order valence-corrected chi connectivity index (χ4v) is 4.02. The predicted molar refractivity (Wildman–Crippen MR) is 115 cm³/mol. The Bertz CT molecular complexity index is 747. The Labute approximate surface area is 171 Å². The highest BCUT2D eigenvalue weighted by atomic mass is 35.5. The predicted octanol–water partition coefficient (Wildman–Crippen LogP) is 2.73. The molecule has 0 saturated carbocycles.